The first-order valence-corrected chi connectivity index (χ1v) is 6.99. The molecule has 1 heterocycles. The monoisotopic (exact) mass is 301 g/mol. The molecule has 0 N–H and O–H groups in total. The van der Waals surface area contributed by atoms with Gasteiger partial charge in [-0.3, -0.25) is 4.79 Å². The van der Waals surface area contributed by atoms with E-state index in [0.717, 1.165) is 18.7 Å². The molecule has 116 valence electrons. The van der Waals surface area contributed by atoms with Crippen LogP contribution in [0.1, 0.15) is 29.6 Å². The van der Waals surface area contributed by atoms with Gasteiger partial charge in [0.05, 0.1) is 0 Å². The van der Waals surface area contributed by atoms with Gasteiger partial charge in [0.25, 0.3) is 0 Å². The SMILES string of the molecule is O=C1CCCN(CCCOCC(F)(F)F)c2ccccc21. The molecule has 0 radical (unpaired) electrons. The fourth-order valence-electron chi connectivity index (χ4n) is 2.45. The number of ether oxygens (including phenoxy) is 1. The molecule has 1 aliphatic rings. The molecular weight excluding hydrogens is 283 g/mol. The van der Waals surface area contributed by atoms with Gasteiger partial charge in [0.1, 0.15) is 6.61 Å². The fourth-order valence-corrected chi connectivity index (χ4v) is 2.45. The van der Waals surface area contributed by atoms with Gasteiger partial charge >= 0.3 is 6.18 Å². The molecule has 0 unspecified atom stereocenters. The number of halogens is 3. The van der Waals surface area contributed by atoms with Crippen LogP contribution in [0, 0.1) is 0 Å². The molecule has 0 saturated heterocycles. The zero-order valence-electron chi connectivity index (χ0n) is 11.7. The third-order valence-corrected chi connectivity index (χ3v) is 3.36. The molecular formula is C15H18F3NO2. The number of fused-ring (bicyclic) bond motifs is 1. The number of alkyl halides is 3. The summed E-state index contributed by atoms with van der Waals surface area (Å²) in [5.41, 5.74) is 1.57. The summed E-state index contributed by atoms with van der Waals surface area (Å²) in [7, 11) is 0. The van der Waals surface area contributed by atoms with Crippen LogP contribution in [0.15, 0.2) is 24.3 Å². The van der Waals surface area contributed by atoms with E-state index in [1.165, 1.54) is 0 Å². The summed E-state index contributed by atoms with van der Waals surface area (Å²) < 4.78 is 40.5. The second-order valence-corrected chi connectivity index (χ2v) is 5.05. The van der Waals surface area contributed by atoms with E-state index in [-0.39, 0.29) is 12.4 Å². The minimum absolute atomic E-state index is 0.0616. The first-order chi connectivity index (χ1) is 9.97. The molecule has 21 heavy (non-hydrogen) atoms. The third kappa shape index (κ3) is 4.74. The summed E-state index contributed by atoms with van der Waals surface area (Å²) >= 11 is 0. The lowest BCUT2D eigenvalue weighted by Gasteiger charge is -2.24. The van der Waals surface area contributed by atoms with Gasteiger partial charge in [0, 0.05) is 37.4 Å². The molecule has 1 aromatic rings. The average molecular weight is 301 g/mol. The zero-order valence-corrected chi connectivity index (χ0v) is 11.7. The van der Waals surface area contributed by atoms with Gasteiger partial charge in [-0.05, 0) is 25.0 Å². The van der Waals surface area contributed by atoms with Crippen LogP contribution in [0.5, 0.6) is 0 Å². The van der Waals surface area contributed by atoms with Gasteiger partial charge in [-0.1, -0.05) is 12.1 Å². The van der Waals surface area contributed by atoms with Gasteiger partial charge in [0.15, 0.2) is 5.78 Å². The number of benzene rings is 1. The van der Waals surface area contributed by atoms with Crippen LogP contribution < -0.4 is 4.90 Å². The van der Waals surface area contributed by atoms with Crippen LogP contribution in [-0.2, 0) is 4.74 Å². The van der Waals surface area contributed by atoms with Gasteiger partial charge in [0.2, 0.25) is 0 Å². The normalized spacial score (nSPS) is 15.8. The molecule has 0 bridgehead atoms. The average Bonchev–Trinajstić information content (AvgIpc) is 2.58. The first kappa shape index (κ1) is 15.8. The van der Waals surface area contributed by atoms with Crippen molar-refractivity contribution in [3.8, 4) is 0 Å². The fraction of sp³-hybridized carbons (Fsp3) is 0.533. The van der Waals surface area contributed by atoms with Crippen molar-refractivity contribution in [2.24, 2.45) is 0 Å². The highest BCUT2D eigenvalue weighted by atomic mass is 19.4. The number of nitrogens with zero attached hydrogens (tertiary/aromatic N) is 1. The van der Waals surface area contributed by atoms with E-state index in [1.54, 1.807) is 6.07 Å². The summed E-state index contributed by atoms with van der Waals surface area (Å²) in [6.07, 6.45) is -2.50. The van der Waals surface area contributed by atoms with E-state index >= 15 is 0 Å². The second-order valence-electron chi connectivity index (χ2n) is 5.05. The van der Waals surface area contributed by atoms with Gasteiger partial charge in [-0.2, -0.15) is 13.2 Å². The number of anilines is 1. The Bertz CT molecular complexity index is 488. The topological polar surface area (TPSA) is 29.5 Å². The number of ketones is 1. The Labute approximate surface area is 121 Å². The van der Waals surface area contributed by atoms with E-state index in [2.05, 4.69) is 9.64 Å². The lowest BCUT2D eigenvalue weighted by Crippen LogP contribution is -2.27. The maximum atomic E-state index is 12.0. The van der Waals surface area contributed by atoms with Crippen molar-refractivity contribution >= 4 is 11.5 Å². The van der Waals surface area contributed by atoms with Crippen molar-refractivity contribution in [1.29, 1.82) is 0 Å². The van der Waals surface area contributed by atoms with Crippen molar-refractivity contribution in [2.75, 3.05) is 31.2 Å². The molecule has 6 heteroatoms. The van der Waals surface area contributed by atoms with Crippen molar-refractivity contribution < 1.29 is 22.7 Å². The summed E-state index contributed by atoms with van der Waals surface area (Å²) in [5, 5.41) is 0. The summed E-state index contributed by atoms with van der Waals surface area (Å²) in [4.78, 5) is 14.0. The van der Waals surface area contributed by atoms with Crippen molar-refractivity contribution in [1.82, 2.24) is 0 Å². The lowest BCUT2D eigenvalue weighted by molar-refractivity contribution is -0.173. The number of para-hydroxylation sites is 1. The lowest BCUT2D eigenvalue weighted by atomic mass is 10.1. The zero-order chi connectivity index (χ0) is 15.3. The third-order valence-electron chi connectivity index (χ3n) is 3.36. The van der Waals surface area contributed by atoms with Crippen LogP contribution in [0.3, 0.4) is 0 Å². The molecule has 0 saturated carbocycles. The summed E-state index contributed by atoms with van der Waals surface area (Å²) in [6, 6.07) is 7.38. The molecule has 3 nitrogen and oxygen atoms in total. The van der Waals surface area contributed by atoms with E-state index in [9.17, 15) is 18.0 Å². The Balaban J connectivity index is 1.88. The van der Waals surface area contributed by atoms with Crippen LogP contribution in [0.4, 0.5) is 18.9 Å². The molecule has 0 spiro atoms. The Morgan fingerprint density at radius 1 is 1.24 bits per heavy atom. The summed E-state index contributed by atoms with van der Waals surface area (Å²) in [6.45, 7) is 0.179. The van der Waals surface area contributed by atoms with Crippen LogP contribution >= 0.6 is 0 Å². The number of hydrogen-bond acceptors (Lipinski definition) is 3. The minimum Gasteiger partial charge on any atom is -0.372 e. The highest BCUT2D eigenvalue weighted by Gasteiger charge is 2.27. The highest BCUT2D eigenvalue weighted by Crippen LogP contribution is 2.26. The Morgan fingerprint density at radius 3 is 2.76 bits per heavy atom. The van der Waals surface area contributed by atoms with Gasteiger partial charge in [-0.15, -0.1) is 0 Å². The molecule has 0 aliphatic carbocycles. The van der Waals surface area contributed by atoms with Crippen molar-refractivity contribution in [3.63, 3.8) is 0 Å². The maximum Gasteiger partial charge on any atom is 0.411 e. The molecule has 0 aromatic heterocycles. The number of carbonyl (C=O) groups excluding carboxylic acids is 1. The molecule has 1 aromatic carbocycles. The maximum absolute atomic E-state index is 12.0. The largest absolute Gasteiger partial charge is 0.411 e. The first-order valence-electron chi connectivity index (χ1n) is 6.99. The molecule has 1 aliphatic heterocycles. The van der Waals surface area contributed by atoms with Crippen LogP contribution in [0.2, 0.25) is 0 Å². The predicted molar refractivity (Wildman–Crippen MR) is 73.7 cm³/mol. The van der Waals surface area contributed by atoms with E-state index < -0.39 is 12.8 Å². The number of Topliss-reactive ketones (excluding diaryl/α,β-unsaturated/α-hetero) is 1. The predicted octanol–water partition coefficient (Wildman–Crippen LogP) is 3.44. The quantitative estimate of drug-likeness (QED) is 0.780. The smallest absolute Gasteiger partial charge is 0.372 e. The van der Waals surface area contributed by atoms with Gasteiger partial charge in [-0.25, -0.2) is 0 Å². The Hall–Kier alpha value is -1.56. The summed E-state index contributed by atoms with van der Waals surface area (Å²) in [5.74, 6) is 0.126. The second kappa shape index (κ2) is 6.93. The Morgan fingerprint density at radius 2 is 2.00 bits per heavy atom. The van der Waals surface area contributed by atoms with Gasteiger partial charge < -0.3 is 9.64 Å². The molecule has 0 amide bonds. The van der Waals surface area contributed by atoms with Crippen LogP contribution in [0.25, 0.3) is 0 Å². The number of rotatable bonds is 5. The van der Waals surface area contributed by atoms with Crippen molar-refractivity contribution in [3.05, 3.63) is 29.8 Å². The standard InChI is InChI=1S/C15H18F3NO2/c16-15(17,18)11-21-10-4-9-19-8-3-7-14(20)12-5-1-2-6-13(12)19/h1-2,5-6H,3-4,7-11H2. The number of carbonyl (C=O) groups is 1. The minimum atomic E-state index is -4.28. The Kier molecular flexibility index (Phi) is 5.22. The van der Waals surface area contributed by atoms with E-state index in [4.69, 9.17) is 0 Å². The van der Waals surface area contributed by atoms with Crippen molar-refractivity contribution in [2.45, 2.75) is 25.4 Å². The van der Waals surface area contributed by atoms with E-state index in [0.29, 0.717) is 24.9 Å². The van der Waals surface area contributed by atoms with E-state index in [1.807, 2.05) is 18.2 Å². The molecule has 0 fully saturated rings. The number of hydrogen-bond donors (Lipinski definition) is 0. The molecule has 2 rings (SSSR count). The molecule has 0 atom stereocenters. The van der Waals surface area contributed by atoms with Crippen LogP contribution in [-0.4, -0.2) is 38.3 Å². The highest BCUT2D eigenvalue weighted by molar-refractivity contribution is 6.01.